The molecule has 0 aliphatic heterocycles. The molecule has 0 aromatic heterocycles. The summed E-state index contributed by atoms with van der Waals surface area (Å²) in [7, 11) is 0. The van der Waals surface area contributed by atoms with Crippen molar-refractivity contribution in [3.8, 4) is 0 Å². The van der Waals surface area contributed by atoms with Gasteiger partial charge in [-0.05, 0) is 27.2 Å². The standard InChI is InChI=1S/C13H24O4/c1-4-16-13(17-5-2)10-9-12(15)8-6-7-11(3)14/h13H,4-10H2,1-3H3. The molecule has 0 aliphatic carbocycles. The van der Waals surface area contributed by atoms with Crippen LogP contribution >= 0.6 is 0 Å². The van der Waals surface area contributed by atoms with Gasteiger partial charge in [-0.3, -0.25) is 4.79 Å². The Hall–Kier alpha value is -0.740. The number of Topliss-reactive ketones (excluding diaryl/α,β-unsaturated/α-hetero) is 2. The second-order valence-electron chi connectivity index (χ2n) is 3.97. The highest BCUT2D eigenvalue weighted by Crippen LogP contribution is 2.08. The van der Waals surface area contributed by atoms with E-state index in [1.807, 2.05) is 13.8 Å². The molecule has 0 saturated heterocycles. The van der Waals surface area contributed by atoms with E-state index in [9.17, 15) is 9.59 Å². The summed E-state index contributed by atoms with van der Waals surface area (Å²) in [5.41, 5.74) is 0. The highest BCUT2D eigenvalue weighted by molar-refractivity contribution is 5.80. The van der Waals surface area contributed by atoms with Gasteiger partial charge in [0.1, 0.15) is 11.6 Å². The van der Waals surface area contributed by atoms with E-state index in [4.69, 9.17) is 9.47 Å². The molecular weight excluding hydrogens is 220 g/mol. The molecule has 0 unspecified atom stereocenters. The molecule has 0 fully saturated rings. The lowest BCUT2D eigenvalue weighted by Gasteiger charge is -2.16. The minimum atomic E-state index is -0.276. The molecule has 4 heteroatoms. The van der Waals surface area contributed by atoms with Gasteiger partial charge in [-0.2, -0.15) is 0 Å². The van der Waals surface area contributed by atoms with Crippen LogP contribution in [0.5, 0.6) is 0 Å². The van der Waals surface area contributed by atoms with Gasteiger partial charge in [0.25, 0.3) is 0 Å². The number of carbonyl (C=O) groups excluding carboxylic acids is 2. The lowest BCUT2D eigenvalue weighted by atomic mass is 10.1. The fourth-order valence-corrected chi connectivity index (χ4v) is 1.52. The Labute approximate surface area is 104 Å². The molecule has 0 bridgehead atoms. The molecular formula is C13H24O4. The minimum Gasteiger partial charge on any atom is -0.353 e. The average molecular weight is 244 g/mol. The van der Waals surface area contributed by atoms with Gasteiger partial charge in [-0.25, -0.2) is 0 Å². The minimum absolute atomic E-state index is 0.138. The van der Waals surface area contributed by atoms with Crippen LogP contribution in [0.2, 0.25) is 0 Å². The highest BCUT2D eigenvalue weighted by atomic mass is 16.7. The van der Waals surface area contributed by atoms with E-state index >= 15 is 0 Å². The number of hydrogen-bond acceptors (Lipinski definition) is 4. The van der Waals surface area contributed by atoms with Gasteiger partial charge in [0, 0.05) is 38.9 Å². The number of ether oxygens (including phenoxy) is 2. The maximum absolute atomic E-state index is 11.5. The summed E-state index contributed by atoms with van der Waals surface area (Å²) in [4.78, 5) is 22.2. The van der Waals surface area contributed by atoms with E-state index in [2.05, 4.69) is 0 Å². The third kappa shape index (κ3) is 10.1. The van der Waals surface area contributed by atoms with Gasteiger partial charge in [0.2, 0.25) is 0 Å². The van der Waals surface area contributed by atoms with Crippen LogP contribution in [0.1, 0.15) is 52.9 Å². The molecule has 0 rings (SSSR count). The van der Waals surface area contributed by atoms with Crippen LogP contribution in [-0.2, 0) is 19.1 Å². The van der Waals surface area contributed by atoms with Crippen LogP contribution in [0.15, 0.2) is 0 Å². The summed E-state index contributed by atoms with van der Waals surface area (Å²) >= 11 is 0. The van der Waals surface area contributed by atoms with E-state index in [1.54, 1.807) is 6.92 Å². The zero-order valence-corrected chi connectivity index (χ0v) is 11.2. The second-order valence-corrected chi connectivity index (χ2v) is 3.97. The number of hydrogen-bond donors (Lipinski definition) is 0. The second kappa shape index (κ2) is 10.4. The Morgan fingerprint density at radius 3 is 2.06 bits per heavy atom. The number of rotatable bonds is 11. The van der Waals surface area contributed by atoms with Crippen molar-refractivity contribution in [2.75, 3.05) is 13.2 Å². The summed E-state index contributed by atoms with van der Waals surface area (Å²) in [6.45, 7) is 6.53. The lowest BCUT2D eigenvalue weighted by molar-refractivity contribution is -0.144. The number of carbonyl (C=O) groups is 2. The fourth-order valence-electron chi connectivity index (χ4n) is 1.52. The zero-order chi connectivity index (χ0) is 13.1. The molecule has 0 amide bonds. The fraction of sp³-hybridized carbons (Fsp3) is 0.846. The molecule has 0 aromatic rings. The molecule has 0 aliphatic rings. The molecule has 100 valence electrons. The SMILES string of the molecule is CCOC(CCC(=O)CCCC(C)=O)OCC. The van der Waals surface area contributed by atoms with Crippen molar-refractivity contribution in [1.82, 2.24) is 0 Å². The normalized spacial score (nSPS) is 10.8. The van der Waals surface area contributed by atoms with Crippen molar-refractivity contribution in [3.05, 3.63) is 0 Å². The lowest BCUT2D eigenvalue weighted by Crippen LogP contribution is -2.18. The van der Waals surface area contributed by atoms with Crippen LogP contribution in [0.25, 0.3) is 0 Å². The quantitative estimate of drug-likeness (QED) is 0.524. The first-order chi connectivity index (χ1) is 8.10. The van der Waals surface area contributed by atoms with Gasteiger partial charge in [-0.15, -0.1) is 0 Å². The molecule has 0 aromatic carbocycles. The van der Waals surface area contributed by atoms with Gasteiger partial charge >= 0.3 is 0 Å². The first kappa shape index (κ1) is 16.3. The van der Waals surface area contributed by atoms with Gasteiger partial charge in [0.15, 0.2) is 6.29 Å². The molecule has 0 heterocycles. The Kier molecular flexibility index (Phi) is 9.96. The smallest absolute Gasteiger partial charge is 0.157 e. The summed E-state index contributed by atoms with van der Waals surface area (Å²) < 4.78 is 10.7. The van der Waals surface area contributed by atoms with E-state index < -0.39 is 0 Å². The van der Waals surface area contributed by atoms with E-state index in [1.165, 1.54) is 0 Å². The van der Waals surface area contributed by atoms with Crippen LogP contribution in [0.4, 0.5) is 0 Å². The maximum atomic E-state index is 11.5. The Morgan fingerprint density at radius 2 is 1.59 bits per heavy atom. The number of ketones is 2. The van der Waals surface area contributed by atoms with Crippen molar-refractivity contribution < 1.29 is 19.1 Å². The Morgan fingerprint density at radius 1 is 1.00 bits per heavy atom. The first-order valence-electron chi connectivity index (χ1n) is 6.34. The zero-order valence-electron chi connectivity index (χ0n) is 11.2. The van der Waals surface area contributed by atoms with Gasteiger partial charge < -0.3 is 14.3 Å². The van der Waals surface area contributed by atoms with Crippen LogP contribution in [0.3, 0.4) is 0 Å². The molecule has 0 atom stereocenters. The monoisotopic (exact) mass is 244 g/mol. The Balaban J connectivity index is 3.68. The van der Waals surface area contributed by atoms with Crippen molar-refractivity contribution in [3.63, 3.8) is 0 Å². The van der Waals surface area contributed by atoms with Gasteiger partial charge in [0.05, 0.1) is 0 Å². The molecule has 0 spiro atoms. The summed E-state index contributed by atoms with van der Waals surface area (Å²) in [6, 6.07) is 0. The van der Waals surface area contributed by atoms with Gasteiger partial charge in [-0.1, -0.05) is 0 Å². The molecule has 0 saturated carbocycles. The van der Waals surface area contributed by atoms with Crippen molar-refractivity contribution in [2.24, 2.45) is 0 Å². The predicted molar refractivity (Wildman–Crippen MR) is 65.8 cm³/mol. The third-order valence-electron chi connectivity index (χ3n) is 2.35. The largest absolute Gasteiger partial charge is 0.353 e. The van der Waals surface area contributed by atoms with Crippen LogP contribution in [-0.4, -0.2) is 31.1 Å². The van der Waals surface area contributed by atoms with Crippen molar-refractivity contribution in [2.45, 2.75) is 59.2 Å². The van der Waals surface area contributed by atoms with Crippen LogP contribution < -0.4 is 0 Å². The van der Waals surface area contributed by atoms with E-state index in [-0.39, 0.29) is 17.9 Å². The molecule has 0 N–H and O–H groups in total. The molecule has 0 radical (unpaired) electrons. The Bertz CT molecular complexity index is 219. The maximum Gasteiger partial charge on any atom is 0.157 e. The highest BCUT2D eigenvalue weighted by Gasteiger charge is 2.11. The van der Waals surface area contributed by atoms with E-state index in [0.29, 0.717) is 45.3 Å². The molecule has 17 heavy (non-hydrogen) atoms. The van der Waals surface area contributed by atoms with E-state index in [0.717, 1.165) is 0 Å². The van der Waals surface area contributed by atoms with Crippen molar-refractivity contribution >= 4 is 11.6 Å². The summed E-state index contributed by atoms with van der Waals surface area (Å²) in [6.07, 6.45) is 2.41. The van der Waals surface area contributed by atoms with Crippen molar-refractivity contribution in [1.29, 1.82) is 0 Å². The third-order valence-corrected chi connectivity index (χ3v) is 2.35. The summed E-state index contributed by atoms with van der Waals surface area (Å²) in [5, 5.41) is 0. The molecule has 4 nitrogen and oxygen atoms in total. The predicted octanol–water partition coefficient (Wildman–Crippen LogP) is 2.49. The topological polar surface area (TPSA) is 52.6 Å². The summed E-state index contributed by atoms with van der Waals surface area (Å²) in [5.74, 6) is 0.315. The average Bonchev–Trinajstić information content (AvgIpc) is 2.26. The first-order valence-corrected chi connectivity index (χ1v) is 6.34. The van der Waals surface area contributed by atoms with Crippen LogP contribution in [0, 0.1) is 0 Å².